The first-order valence-corrected chi connectivity index (χ1v) is 8.34. The van der Waals surface area contributed by atoms with Crippen LogP contribution in [0.5, 0.6) is 0 Å². The van der Waals surface area contributed by atoms with Gasteiger partial charge in [0, 0.05) is 62.6 Å². The Labute approximate surface area is 141 Å². The highest BCUT2D eigenvalue weighted by atomic mass is 16.5. The summed E-state index contributed by atoms with van der Waals surface area (Å²) in [4.78, 5) is 24.7. The number of carbonyl (C=O) groups is 2. The molecule has 2 heterocycles. The molecular weight excluding hydrogens is 310 g/mol. The Balaban J connectivity index is 1.98. The normalized spacial score (nSPS) is 18.7. The number of aromatic nitrogens is 1. The lowest BCUT2D eigenvalue weighted by atomic mass is 9.99. The zero-order valence-corrected chi connectivity index (χ0v) is 13.8. The number of nitrogens with one attached hydrogen (secondary N) is 4. The fourth-order valence-corrected chi connectivity index (χ4v) is 2.56. The minimum absolute atomic E-state index is 0.276. The van der Waals surface area contributed by atoms with Gasteiger partial charge in [-0.05, 0) is 12.5 Å². The van der Waals surface area contributed by atoms with Gasteiger partial charge in [0.15, 0.2) is 0 Å². The van der Waals surface area contributed by atoms with Gasteiger partial charge < -0.3 is 21.3 Å². The fourth-order valence-electron chi connectivity index (χ4n) is 2.56. The maximum absolute atomic E-state index is 12.3. The van der Waals surface area contributed by atoms with Crippen LogP contribution in [-0.4, -0.2) is 56.3 Å². The highest BCUT2D eigenvalue weighted by molar-refractivity contribution is 6.00. The first-order valence-electron chi connectivity index (χ1n) is 8.34. The van der Waals surface area contributed by atoms with Crippen LogP contribution in [0.15, 0.2) is 24.4 Å². The molecule has 0 saturated carbocycles. The van der Waals surface area contributed by atoms with Gasteiger partial charge in [0.05, 0.1) is 0 Å². The van der Waals surface area contributed by atoms with Gasteiger partial charge in [0.2, 0.25) is 23.7 Å². The van der Waals surface area contributed by atoms with E-state index < -0.39 is 5.92 Å². The minimum atomic E-state index is -0.772. The number of hydrogen-bond donors (Lipinski definition) is 5. The Kier molecular flexibility index (Phi) is 7.44. The smallest absolute Gasteiger partial charge is 0.234 e. The summed E-state index contributed by atoms with van der Waals surface area (Å²) >= 11 is 0. The van der Waals surface area contributed by atoms with E-state index in [0.717, 1.165) is 17.8 Å². The molecular formula is C16H26N5O3+. The van der Waals surface area contributed by atoms with Crippen molar-refractivity contribution >= 4 is 11.8 Å². The zero-order chi connectivity index (χ0) is 17.2. The SMILES string of the molecule is O=C1NCCNCCNCCNC(=O)C1CCc1cccc[n+]1O. The second-order valence-corrected chi connectivity index (χ2v) is 5.71. The molecule has 132 valence electrons. The van der Waals surface area contributed by atoms with Crippen LogP contribution in [0.25, 0.3) is 0 Å². The molecule has 1 aromatic rings. The molecule has 0 atom stereocenters. The van der Waals surface area contributed by atoms with Crippen molar-refractivity contribution < 1.29 is 19.5 Å². The number of amides is 2. The van der Waals surface area contributed by atoms with Crippen molar-refractivity contribution in [2.45, 2.75) is 12.8 Å². The lowest BCUT2D eigenvalue weighted by molar-refractivity contribution is -0.909. The van der Waals surface area contributed by atoms with Crippen LogP contribution in [0.2, 0.25) is 0 Å². The molecule has 8 nitrogen and oxygen atoms in total. The topological polar surface area (TPSA) is 106 Å². The molecule has 1 fully saturated rings. The molecule has 1 saturated heterocycles. The van der Waals surface area contributed by atoms with E-state index in [1.54, 1.807) is 12.1 Å². The van der Waals surface area contributed by atoms with Crippen LogP contribution >= 0.6 is 0 Å². The first-order chi connectivity index (χ1) is 11.7. The summed E-state index contributed by atoms with van der Waals surface area (Å²) in [6, 6.07) is 5.29. The quantitative estimate of drug-likeness (QED) is 0.254. The largest absolute Gasteiger partial charge is 0.354 e. The molecule has 1 aromatic heterocycles. The van der Waals surface area contributed by atoms with Crippen molar-refractivity contribution in [2.75, 3.05) is 39.3 Å². The molecule has 1 aliphatic rings. The fraction of sp³-hybridized carbons (Fsp3) is 0.562. The van der Waals surface area contributed by atoms with E-state index in [-0.39, 0.29) is 11.8 Å². The molecule has 0 bridgehead atoms. The first kappa shape index (κ1) is 18.2. The van der Waals surface area contributed by atoms with E-state index in [2.05, 4.69) is 21.3 Å². The monoisotopic (exact) mass is 336 g/mol. The lowest BCUT2D eigenvalue weighted by Crippen LogP contribution is -2.44. The number of hydrogen-bond acceptors (Lipinski definition) is 5. The van der Waals surface area contributed by atoms with Crippen LogP contribution < -0.4 is 26.0 Å². The maximum atomic E-state index is 12.3. The van der Waals surface area contributed by atoms with Gasteiger partial charge >= 0.3 is 0 Å². The zero-order valence-electron chi connectivity index (χ0n) is 13.8. The summed E-state index contributed by atoms with van der Waals surface area (Å²) in [6.45, 7) is 3.92. The lowest BCUT2D eigenvalue weighted by Gasteiger charge is -2.16. The third-order valence-corrected chi connectivity index (χ3v) is 3.92. The van der Waals surface area contributed by atoms with Crippen molar-refractivity contribution in [3.8, 4) is 0 Å². The number of rotatable bonds is 3. The van der Waals surface area contributed by atoms with Crippen molar-refractivity contribution in [1.29, 1.82) is 0 Å². The average Bonchev–Trinajstić information content (AvgIpc) is 2.59. The second kappa shape index (κ2) is 9.84. The number of aryl methyl sites for hydroxylation is 1. The highest BCUT2D eigenvalue weighted by Gasteiger charge is 2.27. The van der Waals surface area contributed by atoms with Crippen molar-refractivity contribution in [3.63, 3.8) is 0 Å². The number of pyridine rings is 1. The predicted octanol–water partition coefficient (Wildman–Crippen LogP) is -1.81. The van der Waals surface area contributed by atoms with Gasteiger partial charge in [-0.15, -0.1) is 0 Å². The number of carbonyl (C=O) groups excluding carboxylic acids is 2. The van der Waals surface area contributed by atoms with E-state index in [1.807, 2.05) is 6.07 Å². The van der Waals surface area contributed by atoms with Crippen LogP contribution in [0.1, 0.15) is 12.1 Å². The van der Waals surface area contributed by atoms with Gasteiger partial charge in [0.1, 0.15) is 5.92 Å². The third kappa shape index (κ3) is 5.78. The molecule has 2 rings (SSSR count). The maximum Gasteiger partial charge on any atom is 0.234 e. The predicted molar refractivity (Wildman–Crippen MR) is 87.4 cm³/mol. The van der Waals surface area contributed by atoms with Crippen LogP contribution in [0.3, 0.4) is 0 Å². The summed E-state index contributed by atoms with van der Waals surface area (Å²) in [7, 11) is 0. The van der Waals surface area contributed by atoms with Gasteiger partial charge in [-0.1, -0.05) is 0 Å². The van der Waals surface area contributed by atoms with Crippen LogP contribution in [0, 0.1) is 5.92 Å². The summed E-state index contributed by atoms with van der Waals surface area (Å²) in [5.74, 6) is -1.32. The molecule has 24 heavy (non-hydrogen) atoms. The number of nitrogens with zero attached hydrogens (tertiary/aromatic N) is 1. The van der Waals surface area contributed by atoms with E-state index in [1.165, 1.54) is 6.20 Å². The van der Waals surface area contributed by atoms with E-state index in [9.17, 15) is 14.8 Å². The van der Waals surface area contributed by atoms with Crippen LogP contribution in [0.4, 0.5) is 0 Å². The van der Waals surface area contributed by atoms with Gasteiger partial charge in [0.25, 0.3) is 0 Å². The minimum Gasteiger partial charge on any atom is -0.354 e. The van der Waals surface area contributed by atoms with E-state index in [0.29, 0.717) is 44.7 Å². The molecule has 5 N–H and O–H groups in total. The Morgan fingerprint density at radius 3 is 2.12 bits per heavy atom. The highest BCUT2D eigenvalue weighted by Crippen LogP contribution is 2.08. The van der Waals surface area contributed by atoms with Gasteiger partial charge in [-0.25, -0.2) is 0 Å². The van der Waals surface area contributed by atoms with E-state index >= 15 is 0 Å². The Bertz CT molecular complexity index is 528. The Morgan fingerprint density at radius 1 is 0.958 bits per heavy atom. The molecule has 1 aliphatic heterocycles. The molecule has 0 aromatic carbocycles. The average molecular weight is 336 g/mol. The van der Waals surface area contributed by atoms with Crippen molar-refractivity contribution in [3.05, 3.63) is 30.1 Å². The molecule has 0 aliphatic carbocycles. The summed E-state index contributed by atoms with van der Waals surface area (Å²) in [5, 5.41) is 21.8. The molecule has 0 unspecified atom stereocenters. The molecule has 2 amide bonds. The third-order valence-electron chi connectivity index (χ3n) is 3.92. The van der Waals surface area contributed by atoms with Gasteiger partial charge in [-0.2, -0.15) is 0 Å². The van der Waals surface area contributed by atoms with Crippen LogP contribution in [-0.2, 0) is 16.0 Å². The Morgan fingerprint density at radius 2 is 1.54 bits per heavy atom. The second-order valence-electron chi connectivity index (χ2n) is 5.71. The molecule has 0 radical (unpaired) electrons. The standard InChI is InChI=1S/C16H25N5O3/c22-15-14(5-4-13-3-1-2-12-21(13)24)16(23)20-11-9-18-7-6-17-8-10-19-15/h1-3,12,14,17-18H,4-11H2,(H2-,19,20,22,23,24)/p+1. The summed E-state index contributed by atoms with van der Waals surface area (Å²) in [5.41, 5.74) is 0.657. The van der Waals surface area contributed by atoms with Crippen molar-refractivity contribution in [1.82, 2.24) is 21.3 Å². The van der Waals surface area contributed by atoms with Crippen molar-refractivity contribution in [2.24, 2.45) is 5.92 Å². The summed E-state index contributed by atoms with van der Waals surface area (Å²) in [6.07, 6.45) is 2.29. The van der Waals surface area contributed by atoms with Gasteiger partial charge in [-0.3, -0.25) is 14.8 Å². The van der Waals surface area contributed by atoms with E-state index in [4.69, 9.17) is 0 Å². The molecule has 0 spiro atoms. The summed E-state index contributed by atoms with van der Waals surface area (Å²) < 4.78 is 1.02. The Hall–Kier alpha value is -2.19. The molecule has 8 heteroatoms.